The second-order valence-electron chi connectivity index (χ2n) is 10.2. The van der Waals surface area contributed by atoms with Crippen molar-refractivity contribution in [1.29, 1.82) is 5.26 Å². The number of ether oxygens (including phenoxy) is 1. The summed E-state index contributed by atoms with van der Waals surface area (Å²) in [7, 11) is 0. The number of anilines is 1. The molecule has 12 heteroatoms. The van der Waals surface area contributed by atoms with E-state index in [4.69, 9.17) is 9.84 Å². The molecule has 5 rings (SSSR count). The van der Waals surface area contributed by atoms with E-state index in [0.29, 0.717) is 16.9 Å². The molecule has 4 atom stereocenters. The normalized spacial score (nSPS) is 21.8. The Hall–Kier alpha value is -4.47. The van der Waals surface area contributed by atoms with Gasteiger partial charge in [-0.05, 0) is 47.4 Å². The quantitative estimate of drug-likeness (QED) is 0.379. The van der Waals surface area contributed by atoms with Gasteiger partial charge in [-0.25, -0.2) is 23.9 Å². The number of carbonyl (C=O) groups is 2. The fourth-order valence-electron chi connectivity index (χ4n) is 4.99. The molecule has 1 aromatic carbocycles. The first-order chi connectivity index (χ1) is 19.7. The largest absolute Gasteiger partial charge is 0.483 e. The van der Waals surface area contributed by atoms with Crippen LogP contribution in [0.5, 0.6) is 5.75 Å². The lowest BCUT2D eigenvalue weighted by molar-refractivity contribution is -0.360. The Morgan fingerprint density at radius 3 is 2.78 bits per heavy atom. The van der Waals surface area contributed by atoms with Crippen LogP contribution in [0, 0.1) is 17.2 Å². The molecular formula is C29H28F2N5O5+. The number of aromatic nitrogens is 2. The maximum absolute atomic E-state index is 14.9. The van der Waals surface area contributed by atoms with Crippen molar-refractivity contribution in [3.8, 4) is 22.9 Å². The zero-order valence-electron chi connectivity index (χ0n) is 21.8. The molecule has 212 valence electrons. The number of likely N-dealkylation sites (tertiary alicyclic amines) is 1. The second kappa shape index (κ2) is 11.6. The number of benzene rings is 1. The third-order valence-electron chi connectivity index (χ3n) is 7.31. The summed E-state index contributed by atoms with van der Waals surface area (Å²) in [6, 6.07) is 13.8. The highest BCUT2D eigenvalue weighted by molar-refractivity contribution is 5.94. The van der Waals surface area contributed by atoms with Crippen LogP contribution in [0.15, 0.2) is 61.1 Å². The Balaban J connectivity index is 1.25. The number of nitrogens with zero attached hydrogens (tertiary/aromatic N) is 3. The first-order valence-corrected chi connectivity index (χ1v) is 13.1. The minimum absolute atomic E-state index is 0.0257. The van der Waals surface area contributed by atoms with Crippen molar-refractivity contribution in [3.63, 3.8) is 0 Å². The molecule has 4 N–H and O–H groups in total. The third kappa shape index (κ3) is 6.16. The van der Waals surface area contributed by atoms with Crippen LogP contribution >= 0.6 is 0 Å². The van der Waals surface area contributed by atoms with Gasteiger partial charge < -0.3 is 19.8 Å². The zero-order chi connectivity index (χ0) is 29.1. The van der Waals surface area contributed by atoms with Crippen LogP contribution in [0.25, 0.3) is 11.1 Å². The monoisotopic (exact) mass is 564 g/mol. The summed E-state index contributed by atoms with van der Waals surface area (Å²) >= 11 is 0. The number of aliphatic hydroxyl groups excluding tert-OH is 2. The Labute approximate surface area is 234 Å². The molecule has 10 nitrogen and oxygen atoms in total. The summed E-state index contributed by atoms with van der Waals surface area (Å²) in [5.41, 5.74) is 2.36. The fraction of sp³-hybridized carbons (Fsp3) is 0.345. The van der Waals surface area contributed by atoms with Gasteiger partial charge in [0.2, 0.25) is 0 Å². The number of pyridine rings is 2. The number of alkyl halides is 2. The first kappa shape index (κ1) is 28.1. The molecule has 2 aromatic heterocycles. The number of halogens is 2. The van der Waals surface area contributed by atoms with Gasteiger partial charge in [-0.3, -0.25) is 9.78 Å². The van der Waals surface area contributed by atoms with E-state index in [1.807, 2.05) is 18.2 Å². The van der Waals surface area contributed by atoms with Gasteiger partial charge in [0.05, 0.1) is 30.8 Å². The van der Waals surface area contributed by atoms with Gasteiger partial charge in [0.1, 0.15) is 11.8 Å². The Morgan fingerprint density at radius 1 is 1.27 bits per heavy atom. The summed E-state index contributed by atoms with van der Waals surface area (Å²) < 4.78 is 35.3. The van der Waals surface area contributed by atoms with Crippen LogP contribution in [0.1, 0.15) is 29.9 Å². The molecule has 3 heterocycles. The number of amides is 2. The summed E-state index contributed by atoms with van der Waals surface area (Å²) in [5.74, 6) is -4.13. The lowest BCUT2D eigenvalue weighted by atomic mass is 10.0. The number of H-pyrrole nitrogens is 1. The molecule has 2 aliphatic rings. The van der Waals surface area contributed by atoms with E-state index < -0.39 is 37.2 Å². The smallest absolute Gasteiger partial charge is 0.311 e. The Bertz CT molecular complexity index is 1480. The Kier molecular flexibility index (Phi) is 7.92. The van der Waals surface area contributed by atoms with Gasteiger partial charge in [0, 0.05) is 37.3 Å². The molecule has 1 saturated carbocycles. The summed E-state index contributed by atoms with van der Waals surface area (Å²) in [6.45, 7) is -1.94. The highest BCUT2D eigenvalue weighted by Crippen LogP contribution is 2.47. The highest BCUT2D eigenvalue weighted by atomic mass is 19.3. The van der Waals surface area contributed by atoms with E-state index in [2.05, 4.69) is 15.3 Å². The van der Waals surface area contributed by atoms with Gasteiger partial charge >= 0.3 is 11.8 Å². The molecule has 0 radical (unpaired) electrons. The number of nitrogens with one attached hydrogen (secondary N) is 2. The molecule has 1 aliphatic heterocycles. The zero-order valence-corrected chi connectivity index (χ0v) is 21.8. The summed E-state index contributed by atoms with van der Waals surface area (Å²) in [4.78, 5) is 32.7. The van der Waals surface area contributed by atoms with Crippen molar-refractivity contribution in [2.75, 3.05) is 25.0 Å². The topological polar surface area (TPSA) is 150 Å². The highest BCUT2D eigenvalue weighted by Gasteiger charge is 2.49. The standard InChI is InChI=1S/C29H27F2N5O5/c30-29(31)16-36(28(40)23(38)15-37)9-6-25(29)41-24-4-3-17(10-20(24)13-32)18-5-8-34-26(11-18)35-27(39)22-12-21(22)19-2-1-7-33-14-19/h1-5,7-8,10-11,14,21-23,25,37-38H,6,9,12,15-16H2,(H,34,35,39)/p+1. The van der Waals surface area contributed by atoms with E-state index in [-0.39, 0.29) is 42.0 Å². The predicted octanol–water partition coefficient (Wildman–Crippen LogP) is 2.14. The molecule has 3 aromatic rings. The number of aliphatic hydroxyl groups is 2. The summed E-state index contributed by atoms with van der Waals surface area (Å²) in [5, 5.41) is 31.1. The van der Waals surface area contributed by atoms with E-state index >= 15 is 0 Å². The SMILES string of the molecule is N#Cc1cc(-c2cc[nH+]c(NC(=O)C3CC3c3cccnc3)c2)ccc1OC1CCN(C(=O)C(O)CO)CC1(F)F. The third-order valence-corrected chi connectivity index (χ3v) is 7.31. The molecule has 0 spiro atoms. The molecular weight excluding hydrogens is 536 g/mol. The number of piperidine rings is 1. The molecule has 0 bridgehead atoms. The number of carbonyl (C=O) groups excluding carboxylic acids is 2. The van der Waals surface area contributed by atoms with Crippen LogP contribution in [-0.4, -0.2) is 69.7 Å². The molecule has 1 saturated heterocycles. The van der Waals surface area contributed by atoms with Crippen molar-refractivity contribution in [2.45, 2.75) is 36.9 Å². The molecule has 41 heavy (non-hydrogen) atoms. The lowest BCUT2D eigenvalue weighted by Crippen LogP contribution is -2.57. The maximum Gasteiger partial charge on any atom is 0.311 e. The Morgan fingerprint density at radius 2 is 2.07 bits per heavy atom. The van der Waals surface area contributed by atoms with Crippen LogP contribution in [0.4, 0.5) is 14.6 Å². The number of hydrogen-bond acceptors (Lipinski definition) is 7. The number of hydrogen-bond donors (Lipinski definition) is 3. The maximum atomic E-state index is 14.9. The average molecular weight is 565 g/mol. The van der Waals surface area contributed by atoms with E-state index in [0.717, 1.165) is 16.9 Å². The van der Waals surface area contributed by atoms with Crippen LogP contribution < -0.4 is 15.0 Å². The number of nitriles is 1. The molecule has 2 amide bonds. The minimum atomic E-state index is -3.45. The van der Waals surface area contributed by atoms with Crippen molar-refractivity contribution in [1.82, 2.24) is 9.88 Å². The van der Waals surface area contributed by atoms with Gasteiger partial charge in [0.15, 0.2) is 12.2 Å². The van der Waals surface area contributed by atoms with Crippen LogP contribution in [-0.2, 0) is 9.59 Å². The number of rotatable bonds is 8. The minimum Gasteiger partial charge on any atom is -0.483 e. The van der Waals surface area contributed by atoms with Crippen molar-refractivity contribution in [3.05, 3.63) is 72.2 Å². The van der Waals surface area contributed by atoms with Crippen LogP contribution in [0.3, 0.4) is 0 Å². The van der Waals surface area contributed by atoms with Gasteiger partial charge in [0.25, 0.3) is 11.7 Å². The fourth-order valence-corrected chi connectivity index (χ4v) is 4.99. The van der Waals surface area contributed by atoms with E-state index in [1.54, 1.807) is 36.8 Å². The first-order valence-electron chi connectivity index (χ1n) is 13.1. The lowest BCUT2D eigenvalue weighted by Gasteiger charge is -2.38. The van der Waals surface area contributed by atoms with Gasteiger partial charge in [-0.2, -0.15) is 5.26 Å². The van der Waals surface area contributed by atoms with E-state index in [9.17, 15) is 28.7 Å². The molecule has 1 aliphatic carbocycles. The van der Waals surface area contributed by atoms with E-state index in [1.165, 1.54) is 12.1 Å². The van der Waals surface area contributed by atoms with Gasteiger partial charge in [-0.1, -0.05) is 12.1 Å². The van der Waals surface area contributed by atoms with Crippen molar-refractivity contribution < 1.29 is 38.3 Å². The average Bonchev–Trinajstić information content (AvgIpc) is 3.79. The van der Waals surface area contributed by atoms with Gasteiger partial charge in [-0.15, -0.1) is 0 Å². The summed E-state index contributed by atoms with van der Waals surface area (Å²) in [6.07, 6.45) is 2.25. The van der Waals surface area contributed by atoms with Crippen LogP contribution in [0.2, 0.25) is 0 Å². The van der Waals surface area contributed by atoms with Crippen molar-refractivity contribution in [2.24, 2.45) is 5.92 Å². The predicted molar refractivity (Wildman–Crippen MR) is 141 cm³/mol. The van der Waals surface area contributed by atoms with Crippen molar-refractivity contribution >= 4 is 17.6 Å². The molecule has 4 unspecified atom stereocenters. The molecule has 2 fully saturated rings. The number of aromatic amines is 1. The second-order valence-corrected chi connectivity index (χ2v) is 10.2.